The molecule has 0 aromatic carbocycles. The second-order valence-corrected chi connectivity index (χ2v) is 14.7. The number of aromatic nitrogens is 2. The molecule has 1 saturated heterocycles. The maximum absolute atomic E-state index is 12.6. The largest absolute Gasteiger partial charge is 0.407 e. The van der Waals surface area contributed by atoms with Gasteiger partial charge in [-0.15, -0.1) is 0 Å². The van der Waals surface area contributed by atoms with Crippen LogP contribution in [0.15, 0.2) is 17.1 Å². The Morgan fingerprint density at radius 2 is 1.87 bits per heavy atom. The summed E-state index contributed by atoms with van der Waals surface area (Å²) in [5.74, 6) is 0.193. The zero-order chi connectivity index (χ0) is 23.2. The van der Waals surface area contributed by atoms with Crippen LogP contribution in [0.1, 0.15) is 66.0 Å². The molecular formula is C22H42N4O4Si. The zero-order valence-corrected chi connectivity index (χ0v) is 21.1. The minimum Gasteiger partial charge on any atom is -0.407 e. The van der Waals surface area contributed by atoms with Crippen molar-refractivity contribution < 1.29 is 13.9 Å². The molecule has 1 aromatic rings. The maximum atomic E-state index is 12.6. The van der Waals surface area contributed by atoms with E-state index in [2.05, 4.69) is 45.8 Å². The molecule has 9 heteroatoms. The molecule has 0 aliphatic carbocycles. The third kappa shape index (κ3) is 6.61. The Kier molecular flexibility index (Phi) is 9.26. The van der Waals surface area contributed by atoms with Crippen molar-refractivity contribution in [2.24, 2.45) is 5.73 Å². The van der Waals surface area contributed by atoms with Gasteiger partial charge in [-0.25, -0.2) is 4.79 Å². The topological polar surface area (TPSA) is 115 Å². The Balaban J connectivity index is 2.28. The van der Waals surface area contributed by atoms with Crippen LogP contribution in [0.3, 0.4) is 0 Å². The molecule has 31 heavy (non-hydrogen) atoms. The average molecular weight is 455 g/mol. The number of hydrogen-bond donors (Lipinski definition) is 2. The van der Waals surface area contributed by atoms with Crippen LogP contribution in [-0.4, -0.2) is 49.3 Å². The molecule has 0 bridgehead atoms. The van der Waals surface area contributed by atoms with Crippen LogP contribution in [-0.2, 0) is 13.9 Å². The van der Waals surface area contributed by atoms with Crippen LogP contribution in [0.25, 0.3) is 0 Å². The lowest BCUT2D eigenvalue weighted by Gasteiger charge is -2.40. The van der Waals surface area contributed by atoms with E-state index in [1.165, 1.54) is 4.57 Å². The standard InChI is InChI=1S/C22H42N4O4Si/c1-7-16-18(28-15-11-9-8-10-13-23)19(30-31(5,6)22(2,3)4)20(29-16)26-14-12-17(24)25-21(26)27/h12,14,16,18-20H,7-11,13,15,23H2,1-6H3,(H2,24,25,27)/t16-,18?,19+,20-/m1/s1. The van der Waals surface area contributed by atoms with Crippen molar-refractivity contribution in [3.63, 3.8) is 0 Å². The molecule has 1 aliphatic rings. The van der Waals surface area contributed by atoms with Gasteiger partial charge >= 0.3 is 5.69 Å². The van der Waals surface area contributed by atoms with Gasteiger partial charge in [-0.2, -0.15) is 4.98 Å². The predicted molar refractivity (Wildman–Crippen MR) is 126 cm³/mol. The molecule has 2 rings (SSSR count). The van der Waals surface area contributed by atoms with Crippen molar-refractivity contribution in [1.29, 1.82) is 0 Å². The first-order valence-electron chi connectivity index (χ1n) is 11.5. The number of rotatable bonds is 11. The fourth-order valence-electron chi connectivity index (χ4n) is 3.54. The summed E-state index contributed by atoms with van der Waals surface area (Å²) < 4.78 is 21.0. The van der Waals surface area contributed by atoms with Gasteiger partial charge in [-0.1, -0.05) is 40.5 Å². The monoisotopic (exact) mass is 454 g/mol. The van der Waals surface area contributed by atoms with E-state index in [9.17, 15) is 4.79 Å². The first-order valence-corrected chi connectivity index (χ1v) is 14.4. The molecule has 1 aliphatic heterocycles. The number of unbranched alkanes of at least 4 members (excludes halogenated alkanes) is 3. The van der Waals surface area contributed by atoms with Gasteiger partial charge in [0, 0.05) is 12.8 Å². The van der Waals surface area contributed by atoms with E-state index in [0.29, 0.717) is 6.61 Å². The van der Waals surface area contributed by atoms with E-state index in [1.54, 1.807) is 12.3 Å². The third-order valence-corrected chi connectivity index (χ3v) is 10.9. The summed E-state index contributed by atoms with van der Waals surface area (Å²) in [5, 5.41) is 0.0128. The van der Waals surface area contributed by atoms with Crippen LogP contribution in [0.5, 0.6) is 0 Å². The molecule has 4 atom stereocenters. The van der Waals surface area contributed by atoms with Crippen LogP contribution in [0, 0.1) is 0 Å². The van der Waals surface area contributed by atoms with Crippen LogP contribution >= 0.6 is 0 Å². The summed E-state index contributed by atoms with van der Waals surface area (Å²) in [7, 11) is -2.16. The van der Waals surface area contributed by atoms with Crippen LogP contribution < -0.4 is 17.2 Å². The fourth-order valence-corrected chi connectivity index (χ4v) is 4.83. The van der Waals surface area contributed by atoms with Gasteiger partial charge in [0.15, 0.2) is 14.5 Å². The minimum absolute atomic E-state index is 0.0128. The molecule has 1 fully saturated rings. The number of hydrogen-bond acceptors (Lipinski definition) is 7. The zero-order valence-electron chi connectivity index (χ0n) is 20.1. The smallest absolute Gasteiger partial charge is 0.351 e. The first-order chi connectivity index (χ1) is 14.5. The van der Waals surface area contributed by atoms with Gasteiger partial charge < -0.3 is 25.4 Å². The second-order valence-electron chi connectivity index (χ2n) is 9.90. The number of anilines is 1. The highest BCUT2D eigenvalue weighted by Crippen LogP contribution is 2.42. The molecule has 0 saturated carbocycles. The van der Waals surface area contributed by atoms with Crippen molar-refractivity contribution in [2.75, 3.05) is 18.9 Å². The summed E-state index contributed by atoms with van der Waals surface area (Å²) in [5.41, 5.74) is 10.8. The molecule has 0 radical (unpaired) electrons. The highest BCUT2D eigenvalue weighted by molar-refractivity contribution is 6.74. The summed E-state index contributed by atoms with van der Waals surface area (Å²) in [6.45, 7) is 14.4. The van der Waals surface area contributed by atoms with Gasteiger partial charge in [-0.05, 0) is 50.0 Å². The lowest BCUT2D eigenvalue weighted by Crippen LogP contribution is -2.50. The molecule has 0 amide bonds. The molecule has 0 spiro atoms. The van der Waals surface area contributed by atoms with Crippen LogP contribution in [0.4, 0.5) is 5.82 Å². The second kappa shape index (κ2) is 11.0. The van der Waals surface area contributed by atoms with Gasteiger partial charge in [0.25, 0.3) is 0 Å². The van der Waals surface area contributed by atoms with Gasteiger partial charge in [0.2, 0.25) is 0 Å². The summed E-state index contributed by atoms with van der Waals surface area (Å²) in [4.78, 5) is 16.5. The van der Waals surface area contributed by atoms with E-state index in [0.717, 1.165) is 38.6 Å². The number of nitrogens with two attached hydrogens (primary N) is 2. The number of ether oxygens (including phenoxy) is 2. The molecular weight excluding hydrogens is 412 g/mol. The van der Waals surface area contributed by atoms with E-state index >= 15 is 0 Å². The molecule has 8 nitrogen and oxygen atoms in total. The summed E-state index contributed by atoms with van der Waals surface area (Å²) >= 11 is 0. The summed E-state index contributed by atoms with van der Waals surface area (Å²) in [6, 6.07) is 1.61. The minimum atomic E-state index is -2.16. The summed E-state index contributed by atoms with van der Waals surface area (Å²) in [6.07, 6.45) is 5.21. The van der Waals surface area contributed by atoms with Crippen LogP contribution in [0.2, 0.25) is 18.1 Å². The van der Waals surface area contributed by atoms with E-state index in [1.807, 2.05) is 0 Å². The maximum Gasteiger partial charge on any atom is 0.351 e. The molecule has 1 aromatic heterocycles. The SMILES string of the molecule is CC[C@H]1O[C@@H](n2ccc(N)nc2=O)[C@@H](O[Si](C)(C)C(C)(C)C)C1OCCCCCCN. The predicted octanol–water partition coefficient (Wildman–Crippen LogP) is 3.43. The molecule has 178 valence electrons. The van der Waals surface area contributed by atoms with E-state index in [-0.39, 0.29) is 23.1 Å². The number of nitrogen functional groups attached to an aromatic ring is 1. The Morgan fingerprint density at radius 3 is 2.45 bits per heavy atom. The Morgan fingerprint density at radius 1 is 1.19 bits per heavy atom. The normalized spacial score (nSPS) is 24.6. The lowest BCUT2D eigenvalue weighted by molar-refractivity contribution is -0.0410. The van der Waals surface area contributed by atoms with Crippen molar-refractivity contribution in [3.8, 4) is 0 Å². The van der Waals surface area contributed by atoms with Crippen molar-refractivity contribution in [1.82, 2.24) is 9.55 Å². The Hall–Kier alpha value is -1.26. The highest BCUT2D eigenvalue weighted by Gasteiger charge is 2.51. The first kappa shape index (κ1) is 26.0. The lowest BCUT2D eigenvalue weighted by atomic mass is 10.1. The third-order valence-electron chi connectivity index (χ3n) is 6.46. The Bertz CT molecular complexity index is 750. The number of nitrogens with zero attached hydrogens (tertiary/aromatic N) is 2. The van der Waals surface area contributed by atoms with E-state index < -0.39 is 26.3 Å². The fraction of sp³-hybridized carbons (Fsp3) is 0.818. The van der Waals surface area contributed by atoms with Gasteiger partial charge in [0.05, 0.1) is 6.10 Å². The molecule has 1 unspecified atom stereocenters. The molecule has 4 N–H and O–H groups in total. The average Bonchev–Trinajstić information content (AvgIpc) is 3.00. The van der Waals surface area contributed by atoms with Crippen molar-refractivity contribution in [2.45, 2.75) is 102 Å². The van der Waals surface area contributed by atoms with E-state index in [4.69, 9.17) is 25.4 Å². The Labute approximate surface area is 187 Å². The van der Waals surface area contributed by atoms with Gasteiger partial charge in [0.1, 0.15) is 18.0 Å². The van der Waals surface area contributed by atoms with Crippen molar-refractivity contribution in [3.05, 3.63) is 22.7 Å². The van der Waals surface area contributed by atoms with Gasteiger partial charge in [-0.3, -0.25) is 4.57 Å². The highest BCUT2D eigenvalue weighted by atomic mass is 28.4. The quantitative estimate of drug-likeness (QED) is 0.389. The van der Waals surface area contributed by atoms with Crippen molar-refractivity contribution >= 4 is 14.1 Å². The molecule has 2 heterocycles.